The molecule has 0 bridgehead atoms. The first-order valence-electron chi connectivity index (χ1n) is 7.96. The van der Waals surface area contributed by atoms with Crippen LogP contribution in [0.2, 0.25) is 0 Å². The molecule has 0 atom stereocenters. The first-order valence-corrected chi connectivity index (χ1v) is 9.85. The van der Waals surface area contributed by atoms with Gasteiger partial charge in [0.2, 0.25) is 10.0 Å². The highest BCUT2D eigenvalue weighted by Crippen LogP contribution is 2.32. The second-order valence-electron chi connectivity index (χ2n) is 6.03. The summed E-state index contributed by atoms with van der Waals surface area (Å²) in [7, 11) is -3.34. The lowest BCUT2D eigenvalue weighted by atomic mass is 9.98. The smallest absolute Gasteiger partial charge is 0.229 e. The van der Waals surface area contributed by atoms with Crippen LogP contribution in [0.1, 0.15) is 0 Å². The van der Waals surface area contributed by atoms with E-state index >= 15 is 0 Å². The molecular formula is C19H16N4O2S. The minimum atomic E-state index is -3.34. The van der Waals surface area contributed by atoms with Crippen LogP contribution in [0.4, 0.5) is 5.69 Å². The van der Waals surface area contributed by atoms with Crippen LogP contribution in [0.15, 0.2) is 67.0 Å². The number of aromatic amines is 1. The van der Waals surface area contributed by atoms with Gasteiger partial charge in [-0.05, 0) is 35.9 Å². The number of H-pyrrole nitrogens is 1. The van der Waals surface area contributed by atoms with E-state index in [0.29, 0.717) is 5.69 Å². The normalized spacial score (nSPS) is 11.6. The second kappa shape index (κ2) is 6.27. The van der Waals surface area contributed by atoms with E-state index in [-0.39, 0.29) is 0 Å². The summed E-state index contributed by atoms with van der Waals surface area (Å²) in [6, 6.07) is 17.1. The number of hydrogen-bond acceptors (Lipinski definition) is 4. The molecule has 2 N–H and O–H groups in total. The van der Waals surface area contributed by atoms with E-state index in [2.05, 4.69) is 26.0 Å². The van der Waals surface area contributed by atoms with Crippen LogP contribution >= 0.6 is 0 Å². The van der Waals surface area contributed by atoms with Crippen molar-refractivity contribution < 1.29 is 8.42 Å². The number of hydrogen-bond donors (Lipinski definition) is 2. The summed E-state index contributed by atoms with van der Waals surface area (Å²) in [6.07, 6.45) is 4.64. The molecule has 2 aromatic heterocycles. The quantitative estimate of drug-likeness (QED) is 0.578. The Morgan fingerprint density at radius 3 is 2.73 bits per heavy atom. The molecule has 2 heterocycles. The maximum absolute atomic E-state index is 11.5. The van der Waals surface area contributed by atoms with Crippen molar-refractivity contribution in [3.05, 3.63) is 67.0 Å². The van der Waals surface area contributed by atoms with Crippen LogP contribution in [-0.4, -0.2) is 29.9 Å². The second-order valence-corrected chi connectivity index (χ2v) is 7.78. The zero-order valence-corrected chi connectivity index (χ0v) is 14.8. The minimum absolute atomic E-state index is 0.506. The Labute approximate surface area is 151 Å². The molecule has 6 nitrogen and oxygen atoms in total. The number of nitrogens with zero attached hydrogens (tertiary/aromatic N) is 2. The molecule has 0 radical (unpaired) electrons. The van der Waals surface area contributed by atoms with E-state index in [1.54, 1.807) is 30.6 Å². The fourth-order valence-corrected chi connectivity index (χ4v) is 3.48. The average Bonchev–Trinajstić information content (AvgIpc) is 3.08. The number of aromatic nitrogens is 3. The van der Waals surface area contributed by atoms with Gasteiger partial charge in [-0.1, -0.05) is 24.3 Å². The van der Waals surface area contributed by atoms with Crippen LogP contribution in [-0.2, 0) is 10.0 Å². The third-order valence-corrected chi connectivity index (χ3v) is 4.60. The lowest BCUT2D eigenvalue weighted by molar-refractivity contribution is 0.607. The lowest BCUT2D eigenvalue weighted by Crippen LogP contribution is -2.09. The minimum Gasteiger partial charge on any atom is -0.284 e. The predicted octanol–water partition coefficient (Wildman–Crippen LogP) is 3.66. The molecule has 0 aliphatic rings. The zero-order valence-electron chi connectivity index (χ0n) is 14.0. The number of sulfonamides is 1. The summed E-state index contributed by atoms with van der Waals surface area (Å²) >= 11 is 0. The van der Waals surface area contributed by atoms with Crippen LogP contribution in [0, 0.1) is 0 Å². The summed E-state index contributed by atoms with van der Waals surface area (Å²) in [5.41, 5.74) is 5.08. The van der Waals surface area contributed by atoms with E-state index < -0.39 is 10.0 Å². The maximum atomic E-state index is 11.5. The first-order chi connectivity index (χ1) is 12.5. The molecule has 4 rings (SSSR count). The Kier molecular flexibility index (Phi) is 3.93. The van der Waals surface area contributed by atoms with E-state index in [4.69, 9.17) is 0 Å². The van der Waals surface area contributed by atoms with Gasteiger partial charge in [0, 0.05) is 28.4 Å². The Morgan fingerprint density at radius 1 is 1.00 bits per heavy atom. The van der Waals surface area contributed by atoms with Crippen molar-refractivity contribution in [2.45, 2.75) is 0 Å². The van der Waals surface area contributed by atoms with Crippen molar-refractivity contribution in [2.75, 3.05) is 11.0 Å². The van der Waals surface area contributed by atoms with E-state index in [0.717, 1.165) is 39.5 Å². The number of fused-ring (bicyclic) bond motifs is 1. The molecular weight excluding hydrogens is 348 g/mol. The number of pyridine rings is 1. The Hall–Kier alpha value is -3.19. The summed E-state index contributed by atoms with van der Waals surface area (Å²) < 4.78 is 25.5. The van der Waals surface area contributed by atoms with Gasteiger partial charge in [-0.3, -0.25) is 14.8 Å². The Morgan fingerprint density at radius 2 is 1.88 bits per heavy atom. The molecule has 7 heteroatoms. The number of rotatable bonds is 4. The van der Waals surface area contributed by atoms with Gasteiger partial charge in [-0.25, -0.2) is 8.42 Å². The standard InChI is InChI=1S/C19H16N4O2S/c1-26(24,25)23-16-5-2-4-14(11-16)19-17(6-3-9-20-19)13-7-8-18-15(10-13)12-21-22-18/h2-12,23H,1H3,(H,21,22). The van der Waals surface area contributed by atoms with Gasteiger partial charge in [-0.15, -0.1) is 0 Å². The SMILES string of the molecule is CS(=O)(=O)Nc1cccc(-c2ncccc2-c2ccc3[nH]ncc3c2)c1. The molecule has 2 aromatic carbocycles. The van der Waals surface area contributed by atoms with Gasteiger partial charge < -0.3 is 0 Å². The number of nitrogens with one attached hydrogen (secondary N) is 2. The third kappa shape index (κ3) is 3.29. The highest BCUT2D eigenvalue weighted by molar-refractivity contribution is 7.92. The molecule has 26 heavy (non-hydrogen) atoms. The van der Waals surface area contributed by atoms with E-state index in [1.807, 2.05) is 30.3 Å². The predicted molar refractivity (Wildman–Crippen MR) is 103 cm³/mol. The maximum Gasteiger partial charge on any atom is 0.229 e. The van der Waals surface area contributed by atoms with Gasteiger partial charge in [0.25, 0.3) is 0 Å². The summed E-state index contributed by atoms with van der Waals surface area (Å²) in [6.45, 7) is 0. The molecule has 0 aliphatic heterocycles. The van der Waals surface area contributed by atoms with Gasteiger partial charge in [0.15, 0.2) is 0 Å². The van der Waals surface area contributed by atoms with Crippen molar-refractivity contribution in [2.24, 2.45) is 0 Å². The van der Waals surface area contributed by atoms with Crippen LogP contribution < -0.4 is 4.72 Å². The van der Waals surface area contributed by atoms with E-state index in [1.165, 1.54) is 0 Å². The third-order valence-electron chi connectivity index (χ3n) is 4.00. The van der Waals surface area contributed by atoms with Crippen molar-refractivity contribution in [3.8, 4) is 22.4 Å². The fraction of sp³-hybridized carbons (Fsp3) is 0.0526. The first kappa shape index (κ1) is 16.3. The highest BCUT2D eigenvalue weighted by atomic mass is 32.2. The average molecular weight is 364 g/mol. The molecule has 0 amide bonds. The summed E-state index contributed by atoms with van der Waals surface area (Å²) in [5.74, 6) is 0. The van der Waals surface area contributed by atoms with Gasteiger partial charge >= 0.3 is 0 Å². The molecule has 0 saturated heterocycles. The van der Waals surface area contributed by atoms with Crippen LogP contribution in [0.3, 0.4) is 0 Å². The Balaban J connectivity index is 1.82. The largest absolute Gasteiger partial charge is 0.284 e. The lowest BCUT2D eigenvalue weighted by Gasteiger charge is -2.11. The molecule has 0 saturated carbocycles. The molecule has 0 unspecified atom stereocenters. The van der Waals surface area contributed by atoms with Crippen LogP contribution in [0.5, 0.6) is 0 Å². The summed E-state index contributed by atoms with van der Waals surface area (Å²) in [4.78, 5) is 4.53. The van der Waals surface area contributed by atoms with Crippen molar-refractivity contribution in [1.82, 2.24) is 15.2 Å². The van der Waals surface area contributed by atoms with Gasteiger partial charge in [0.05, 0.1) is 23.7 Å². The zero-order chi connectivity index (χ0) is 18.1. The van der Waals surface area contributed by atoms with Gasteiger partial charge in [-0.2, -0.15) is 5.10 Å². The fourth-order valence-electron chi connectivity index (χ4n) is 2.92. The molecule has 0 aliphatic carbocycles. The molecule has 130 valence electrons. The Bertz CT molecular complexity index is 1200. The monoisotopic (exact) mass is 364 g/mol. The topological polar surface area (TPSA) is 87.7 Å². The van der Waals surface area contributed by atoms with Crippen LogP contribution in [0.25, 0.3) is 33.3 Å². The van der Waals surface area contributed by atoms with Crippen molar-refractivity contribution in [3.63, 3.8) is 0 Å². The molecule has 4 aromatic rings. The molecule has 0 spiro atoms. The van der Waals surface area contributed by atoms with Crippen molar-refractivity contribution in [1.29, 1.82) is 0 Å². The summed E-state index contributed by atoms with van der Waals surface area (Å²) in [5, 5.41) is 8.02. The number of anilines is 1. The number of benzene rings is 2. The highest BCUT2D eigenvalue weighted by Gasteiger charge is 2.11. The molecule has 0 fully saturated rings. The van der Waals surface area contributed by atoms with E-state index in [9.17, 15) is 8.42 Å². The van der Waals surface area contributed by atoms with Crippen molar-refractivity contribution >= 4 is 26.6 Å². The van der Waals surface area contributed by atoms with Gasteiger partial charge in [0.1, 0.15) is 0 Å².